The monoisotopic (exact) mass is 294 g/mol. The van der Waals surface area contributed by atoms with E-state index in [-0.39, 0.29) is 11.2 Å². The number of tetrazole rings is 1. The average molecular weight is 294 g/mol. The van der Waals surface area contributed by atoms with Crippen LogP contribution in [0.5, 0.6) is 5.75 Å². The molecule has 0 saturated heterocycles. The van der Waals surface area contributed by atoms with Crippen LogP contribution in [0.1, 0.15) is 6.92 Å². The van der Waals surface area contributed by atoms with Gasteiger partial charge in [-0.15, -0.1) is 5.10 Å². The third-order valence-corrected chi connectivity index (χ3v) is 3.58. The first kappa shape index (κ1) is 14.3. The minimum absolute atomic E-state index is 0.320. The summed E-state index contributed by atoms with van der Waals surface area (Å²) in [5, 5.41) is 11.6. The zero-order valence-corrected chi connectivity index (χ0v) is 12.1. The second-order valence-electron chi connectivity index (χ2n) is 3.85. The second-order valence-corrected chi connectivity index (χ2v) is 5.16. The van der Waals surface area contributed by atoms with Crippen LogP contribution in [0.4, 0.5) is 0 Å². The molecule has 7 nitrogen and oxygen atoms in total. The number of hydrogen-bond donors (Lipinski definition) is 0. The molecule has 1 aromatic carbocycles. The van der Waals surface area contributed by atoms with Crippen molar-refractivity contribution in [2.75, 3.05) is 14.2 Å². The van der Waals surface area contributed by atoms with Crippen molar-refractivity contribution in [2.24, 2.45) is 0 Å². The van der Waals surface area contributed by atoms with Gasteiger partial charge < -0.3 is 9.47 Å². The van der Waals surface area contributed by atoms with Crippen LogP contribution in [-0.4, -0.2) is 45.6 Å². The Morgan fingerprint density at radius 2 is 2.00 bits per heavy atom. The van der Waals surface area contributed by atoms with Crippen molar-refractivity contribution in [3.63, 3.8) is 0 Å². The maximum absolute atomic E-state index is 11.4. The molecule has 0 N–H and O–H groups in total. The molecule has 0 aliphatic rings. The van der Waals surface area contributed by atoms with Gasteiger partial charge in [0.25, 0.3) is 0 Å². The van der Waals surface area contributed by atoms with E-state index in [0.29, 0.717) is 5.16 Å². The van der Waals surface area contributed by atoms with E-state index < -0.39 is 0 Å². The summed E-state index contributed by atoms with van der Waals surface area (Å²) in [7, 11) is 2.96. The van der Waals surface area contributed by atoms with Gasteiger partial charge in [0.1, 0.15) is 11.0 Å². The fourth-order valence-electron chi connectivity index (χ4n) is 1.51. The summed E-state index contributed by atoms with van der Waals surface area (Å²) in [6.07, 6.45) is 0. The molecule has 106 valence electrons. The van der Waals surface area contributed by atoms with Gasteiger partial charge in [0.2, 0.25) is 5.16 Å². The number of esters is 1. The van der Waals surface area contributed by atoms with Gasteiger partial charge in [0.15, 0.2) is 0 Å². The number of hydrogen-bond acceptors (Lipinski definition) is 7. The molecule has 0 bridgehead atoms. The number of methoxy groups -OCH3 is 2. The molecule has 20 heavy (non-hydrogen) atoms. The Balaban J connectivity index is 2.21. The van der Waals surface area contributed by atoms with Crippen molar-refractivity contribution in [1.29, 1.82) is 0 Å². The number of carbonyl (C=O) groups excluding carboxylic acids is 1. The van der Waals surface area contributed by atoms with Crippen LogP contribution in [0, 0.1) is 0 Å². The lowest BCUT2D eigenvalue weighted by Crippen LogP contribution is -2.15. The van der Waals surface area contributed by atoms with Crippen molar-refractivity contribution in [3.8, 4) is 11.4 Å². The molecular formula is C12H14N4O3S. The standard InChI is InChI=1S/C12H14N4O3S/c1-8(11(17)19-3)20-12-13-14-15-16(12)9-4-6-10(18-2)7-5-9/h4-8H,1-3H3. The van der Waals surface area contributed by atoms with Gasteiger partial charge in [-0.25, -0.2) is 0 Å². The van der Waals surface area contributed by atoms with Gasteiger partial charge >= 0.3 is 5.97 Å². The zero-order chi connectivity index (χ0) is 14.5. The lowest BCUT2D eigenvalue weighted by molar-refractivity contribution is -0.139. The van der Waals surface area contributed by atoms with Gasteiger partial charge in [0, 0.05) is 0 Å². The third kappa shape index (κ3) is 3.08. The summed E-state index contributed by atoms with van der Waals surface area (Å²) in [6.45, 7) is 1.74. The molecule has 1 atom stereocenters. The highest BCUT2D eigenvalue weighted by Crippen LogP contribution is 2.24. The Labute approximate surface area is 120 Å². The van der Waals surface area contributed by atoms with E-state index in [1.807, 2.05) is 24.3 Å². The Hall–Kier alpha value is -2.09. The molecular weight excluding hydrogens is 280 g/mol. The molecule has 2 rings (SSSR count). The van der Waals surface area contributed by atoms with Crippen molar-refractivity contribution >= 4 is 17.7 Å². The van der Waals surface area contributed by atoms with Crippen LogP contribution < -0.4 is 4.74 Å². The molecule has 8 heteroatoms. The van der Waals surface area contributed by atoms with E-state index in [0.717, 1.165) is 11.4 Å². The summed E-state index contributed by atoms with van der Waals surface area (Å²) in [4.78, 5) is 11.4. The van der Waals surface area contributed by atoms with E-state index in [1.165, 1.54) is 18.9 Å². The van der Waals surface area contributed by atoms with Gasteiger partial charge in [-0.1, -0.05) is 11.8 Å². The molecule has 1 aromatic heterocycles. The molecule has 1 unspecified atom stereocenters. The summed E-state index contributed by atoms with van der Waals surface area (Å²) in [5.74, 6) is 0.429. The van der Waals surface area contributed by atoms with Crippen LogP contribution in [0.25, 0.3) is 5.69 Å². The molecule has 2 aromatic rings. The Morgan fingerprint density at radius 1 is 1.30 bits per heavy atom. The quantitative estimate of drug-likeness (QED) is 0.608. The Morgan fingerprint density at radius 3 is 2.60 bits per heavy atom. The SMILES string of the molecule is COC(=O)C(C)Sc1nnnn1-c1ccc(OC)cc1. The molecule has 1 heterocycles. The van der Waals surface area contributed by atoms with Crippen LogP contribution in [0.3, 0.4) is 0 Å². The highest BCUT2D eigenvalue weighted by Gasteiger charge is 2.19. The molecule has 0 fully saturated rings. The lowest BCUT2D eigenvalue weighted by atomic mass is 10.3. The molecule has 0 aliphatic carbocycles. The van der Waals surface area contributed by atoms with E-state index in [9.17, 15) is 4.79 Å². The fourth-order valence-corrected chi connectivity index (χ4v) is 2.34. The predicted molar refractivity (Wildman–Crippen MR) is 73.0 cm³/mol. The minimum Gasteiger partial charge on any atom is -0.497 e. The average Bonchev–Trinajstić information content (AvgIpc) is 2.94. The van der Waals surface area contributed by atoms with Crippen molar-refractivity contribution in [1.82, 2.24) is 20.2 Å². The first-order chi connectivity index (χ1) is 9.65. The molecule has 0 radical (unpaired) electrons. The smallest absolute Gasteiger partial charge is 0.318 e. The Bertz CT molecular complexity index is 585. The summed E-state index contributed by atoms with van der Waals surface area (Å²) in [5.41, 5.74) is 0.787. The normalized spacial score (nSPS) is 11.9. The number of ether oxygens (including phenoxy) is 2. The van der Waals surface area contributed by atoms with Crippen LogP contribution in [0.15, 0.2) is 29.4 Å². The molecule has 0 saturated carbocycles. The third-order valence-electron chi connectivity index (χ3n) is 2.57. The van der Waals surface area contributed by atoms with Crippen LogP contribution >= 0.6 is 11.8 Å². The largest absolute Gasteiger partial charge is 0.497 e. The molecule has 0 aliphatic heterocycles. The fraction of sp³-hybridized carbons (Fsp3) is 0.333. The highest BCUT2D eigenvalue weighted by molar-refractivity contribution is 8.00. The number of rotatable bonds is 5. The van der Waals surface area contributed by atoms with Gasteiger partial charge in [0.05, 0.1) is 19.9 Å². The van der Waals surface area contributed by atoms with Gasteiger partial charge in [-0.2, -0.15) is 4.68 Å². The number of nitrogens with zero attached hydrogens (tertiary/aromatic N) is 4. The Kier molecular flexibility index (Phi) is 4.57. The van der Waals surface area contributed by atoms with E-state index in [4.69, 9.17) is 4.74 Å². The summed E-state index contributed by atoms with van der Waals surface area (Å²) >= 11 is 1.24. The van der Waals surface area contributed by atoms with Crippen molar-refractivity contribution in [2.45, 2.75) is 17.3 Å². The van der Waals surface area contributed by atoms with E-state index in [1.54, 1.807) is 18.7 Å². The first-order valence-corrected chi connectivity index (χ1v) is 6.71. The highest BCUT2D eigenvalue weighted by atomic mass is 32.2. The lowest BCUT2D eigenvalue weighted by Gasteiger charge is -2.09. The summed E-state index contributed by atoms with van der Waals surface area (Å²) < 4.78 is 11.3. The minimum atomic E-state index is -0.386. The van der Waals surface area contributed by atoms with Crippen LogP contribution in [-0.2, 0) is 9.53 Å². The van der Waals surface area contributed by atoms with Crippen molar-refractivity contribution in [3.05, 3.63) is 24.3 Å². The van der Waals surface area contributed by atoms with E-state index in [2.05, 4.69) is 20.3 Å². The van der Waals surface area contributed by atoms with Gasteiger partial charge in [-0.3, -0.25) is 4.79 Å². The van der Waals surface area contributed by atoms with E-state index >= 15 is 0 Å². The van der Waals surface area contributed by atoms with Crippen LogP contribution in [0.2, 0.25) is 0 Å². The molecule has 0 amide bonds. The second kappa shape index (κ2) is 6.38. The topological polar surface area (TPSA) is 79.1 Å². The number of carbonyl (C=O) groups is 1. The number of thioether (sulfide) groups is 1. The maximum atomic E-state index is 11.4. The number of aromatic nitrogens is 4. The maximum Gasteiger partial charge on any atom is 0.318 e. The molecule has 0 spiro atoms. The zero-order valence-electron chi connectivity index (χ0n) is 11.3. The number of benzene rings is 1. The van der Waals surface area contributed by atoms with Gasteiger partial charge in [-0.05, 0) is 41.6 Å². The summed E-state index contributed by atoms with van der Waals surface area (Å²) in [6, 6.07) is 7.30. The van der Waals surface area contributed by atoms with Crippen molar-refractivity contribution < 1.29 is 14.3 Å². The predicted octanol–water partition coefficient (Wildman–Crippen LogP) is 1.32. The first-order valence-electron chi connectivity index (χ1n) is 5.83.